The minimum absolute atomic E-state index is 0.0483. The fourth-order valence-electron chi connectivity index (χ4n) is 1.57. The Balaban J connectivity index is 2.00. The van der Waals surface area contributed by atoms with E-state index in [9.17, 15) is 14.0 Å². The molecule has 1 amide bonds. The number of aromatic carboxylic acids is 1. The number of anilines is 1. The van der Waals surface area contributed by atoms with Crippen LogP contribution in [0.25, 0.3) is 0 Å². The van der Waals surface area contributed by atoms with Gasteiger partial charge in [0.05, 0.1) is 17.4 Å². The van der Waals surface area contributed by atoms with E-state index >= 15 is 0 Å². The van der Waals surface area contributed by atoms with Crippen molar-refractivity contribution in [2.45, 2.75) is 0 Å². The molecule has 6 nitrogen and oxygen atoms in total. The SMILES string of the molecule is O=C(COc1ccccc1F)Nc1cnccc1C(=O)O. The van der Waals surface area contributed by atoms with Crippen molar-refractivity contribution in [3.63, 3.8) is 0 Å². The van der Waals surface area contributed by atoms with E-state index in [0.29, 0.717) is 0 Å². The van der Waals surface area contributed by atoms with Gasteiger partial charge in [0.2, 0.25) is 0 Å². The van der Waals surface area contributed by atoms with Crippen LogP contribution in [0.3, 0.4) is 0 Å². The summed E-state index contributed by atoms with van der Waals surface area (Å²) in [6.07, 6.45) is 2.51. The predicted molar refractivity (Wildman–Crippen MR) is 71.7 cm³/mol. The molecule has 0 spiro atoms. The van der Waals surface area contributed by atoms with E-state index in [2.05, 4.69) is 10.3 Å². The number of carboxylic acids is 1. The van der Waals surface area contributed by atoms with Gasteiger partial charge in [-0.1, -0.05) is 12.1 Å². The van der Waals surface area contributed by atoms with Gasteiger partial charge in [0.15, 0.2) is 18.2 Å². The van der Waals surface area contributed by atoms with Crippen LogP contribution in [0.1, 0.15) is 10.4 Å². The van der Waals surface area contributed by atoms with Gasteiger partial charge in [0.1, 0.15) is 0 Å². The predicted octanol–water partition coefficient (Wildman–Crippen LogP) is 1.94. The molecule has 0 bridgehead atoms. The van der Waals surface area contributed by atoms with Crippen molar-refractivity contribution in [2.75, 3.05) is 11.9 Å². The average Bonchev–Trinajstić information content (AvgIpc) is 2.47. The number of nitrogens with one attached hydrogen (secondary N) is 1. The Morgan fingerprint density at radius 2 is 2.05 bits per heavy atom. The molecule has 1 aromatic carbocycles. The van der Waals surface area contributed by atoms with Crippen molar-refractivity contribution in [3.05, 3.63) is 54.1 Å². The maximum Gasteiger partial charge on any atom is 0.337 e. The zero-order valence-electron chi connectivity index (χ0n) is 10.7. The number of hydrogen-bond donors (Lipinski definition) is 2. The third kappa shape index (κ3) is 3.75. The summed E-state index contributed by atoms with van der Waals surface area (Å²) in [7, 11) is 0. The summed E-state index contributed by atoms with van der Waals surface area (Å²) < 4.78 is 18.3. The monoisotopic (exact) mass is 290 g/mol. The number of amides is 1. The highest BCUT2D eigenvalue weighted by Gasteiger charge is 2.13. The average molecular weight is 290 g/mol. The first kappa shape index (κ1) is 14.4. The molecule has 2 N–H and O–H groups in total. The maximum absolute atomic E-state index is 13.3. The molecule has 0 saturated carbocycles. The molecular formula is C14H11FN2O4. The molecule has 0 radical (unpaired) electrons. The Bertz CT molecular complexity index is 676. The molecule has 0 atom stereocenters. The number of pyridine rings is 1. The second kappa shape index (κ2) is 6.47. The summed E-state index contributed by atoms with van der Waals surface area (Å²) in [4.78, 5) is 26.4. The molecule has 21 heavy (non-hydrogen) atoms. The number of halogens is 1. The normalized spacial score (nSPS) is 9.95. The first-order valence-corrected chi connectivity index (χ1v) is 5.92. The number of carbonyl (C=O) groups is 2. The van der Waals surface area contributed by atoms with Gasteiger partial charge in [-0.05, 0) is 18.2 Å². The molecule has 0 aliphatic carbocycles. The zero-order chi connectivity index (χ0) is 15.2. The van der Waals surface area contributed by atoms with Gasteiger partial charge >= 0.3 is 5.97 Å². The smallest absolute Gasteiger partial charge is 0.337 e. The highest BCUT2D eigenvalue weighted by atomic mass is 19.1. The summed E-state index contributed by atoms with van der Waals surface area (Å²) in [6.45, 7) is -0.450. The van der Waals surface area contributed by atoms with Crippen LogP contribution in [0.5, 0.6) is 5.75 Å². The number of aromatic nitrogens is 1. The molecule has 0 aliphatic heterocycles. The number of benzene rings is 1. The third-order valence-corrected chi connectivity index (χ3v) is 2.52. The Morgan fingerprint density at radius 1 is 1.29 bits per heavy atom. The van der Waals surface area contributed by atoms with E-state index in [1.54, 1.807) is 6.07 Å². The second-order valence-electron chi connectivity index (χ2n) is 3.99. The molecule has 1 aromatic heterocycles. The van der Waals surface area contributed by atoms with E-state index in [0.717, 1.165) is 0 Å². The second-order valence-corrected chi connectivity index (χ2v) is 3.99. The van der Waals surface area contributed by atoms with E-state index in [1.807, 2.05) is 0 Å². The van der Waals surface area contributed by atoms with Crippen LogP contribution in [-0.2, 0) is 4.79 Å². The number of hydrogen-bond acceptors (Lipinski definition) is 4. The number of ether oxygens (including phenoxy) is 1. The largest absolute Gasteiger partial charge is 0.481 e. The highest BCUT2D eigenvalue weighted by Crippen LogP contribution is 2.16. The van der Waals surface area contributed by atoms with E-state index in [-0.39, 0.29) is 17.0 Å². The van der Waals surface area contributed by atoms with Crippen LogP contribution < -0.4 is 10.1 Å². The van der Waals surface area contributed by atoms with Gasteiger partial charge in [0, 0.05) is 6.20 Å². The van der Waals surface area contributed by atoms with Crippen molar-refractivity contribution < 1.29 is 23.8 Å². The molecule has 2 rings (SSSR count). The maximum atomic E-state index is 13.3. The zero-order valence-corrected chi connectivity index (χ0v) is 10.7. The molecule has 0 saturated heterocycles. The Kier molecular flexibility index (Phi) is 4.45. The van der Waals surface area contributed by atoms with Gasteiger partial charge < -0.3 is 15.2 Å². The quantitative estimate of drug-likeness (QED) is 0.878. The minimum Gasteiger partial charge on any atom is -0.481 e. The molecule has 0 fully saturated rings. The molecule has 1 heterocycles. The first-order chi connectivity index (χ1) is 10.1. The van der Waals surface area contributed by atoms with Crippen molar-refractivity contribution in [2.24, 2.45) is 0 Å². The van der Waals surface area contributed by atoms with Gasteiger partial charge in [-0.2, -0.15) is 0 Å². The van der Waals surface area contributed by atoms with Crippen molar-refractivity contribution in [3.8, 4) is 5.75 Å². The van der Waals surface area contributed by atoms with Gasteiger partial charge in [0.25, 0.3) is 5.91 Å². The van der Waals surface area contributed by atoms with Gasteiger partial charge in [-0.15, -0.1) is 0 Å². The van der Waals surface area contributed by atoms with Gasteiger partial charge in [-0.3, -0.25) is 9.78 Å². The van der Waals surface area contributed by atoms with E-state index < -0.39 is 24.3 Å². The fourth-order valence-corrected chi connectivity index (χ4v) is 1.57. The summed E-state index contributed by atoms with van der Waals surface area (Å²) in [6, 6.07) is 6.92. The lowest BCUT2D eigenvalue weighted by Gasteiger charge is -2.09. The summed E-state index contributed by atoms with van der Waals surface area (Å²) in [5.41, 5.74) is -0.0450. The third-order valence-electron chi connectivity index (χ3n) is 2.52. The molecule has 0 unspecified atom stereocenters. The number of carboxylic acid groups (broad SMARTS) is 1. The van der Waals surface area contributed by atoms with Crippen LogP contribution in [0.2, 0.25) is 0 Å². The van der Waals surface area contributed by atoms with Crippen LogP contribution in [0.4, 0.5) is 10.1 Å². The summed E-state index contributed by atoms with van der Waals surface area (Å²) in [5, 5.41) is 11.3. The Hall–Kier alpha value is -2.96. The van der Waals surface area contributed by atoms with Crippen LogP contribution in [0.15, 0.2) is 42.7 Å². The van der Waals surface area contributed by atoms with Crippen molar-refractivity contribution in [1.82, 2.24) is 4.98 Å². The highest BCUT2D eigenvalue weighted by molar-refractivity contribution is 6.00. The molecule has 7 heteroatoms. The number of para-hydroxylation sites is 1. The molecule has 108 valence electrons. The first-order valence-electron chi connectivity index (χ1n) is 5.92. The summed E-state index contributed by atoms with van der Waals surface area (Å²) in [5.74, 6) is -2.45. The Labute approximate surface area is 119 Å². The molecule has 0 aliphatic rings. The lowest BCUT2D eigenvalue weighted by atomic mass is 10.2. The van der Waals surface area contributed by atoms with Crippen LogP contribution in [0, 0.1) is 5.82 Å². The standard InChI is InChI=1S/C14H11FN2O4/c15-10-3-1-2-4-12(10)21-8-13(18)17-11-7-16-6-5-9(11)14(19)20/h1-7H,8H2,(H,17,18)(H,19,20). The van der Waals surface area contributed by atoms with Crippen molar-refractivity contribution in [1.29, 1.82) is 0 Å². The van der Waals surface area contributed by atoms with E-state index in [4.69, 9.17) is 9.84 Å². The fraction of sp³-hybridized carbons (Fsp3) is 0.0714. The topological polar surface area (TPSA) is 88.5 Å². The van der Waals surface area contributed by atoms with Crippen molar-refractivity contribution >= 4 is 17.6 Å². The number of nitrogens with zero attached hydrogens (tertiary/aromatic N) is 1. The summed E-state index contributed by atoms with van der Waals surface area (Å²) >= 11 is 0. The van der Waals surface area contributed by atoms with Crippen LogP contribution in [-0.4, -0.2) is 28.6 Å². The Morgan fingerprint density at radius 3 is 2.76 bits per heavy atom. The minimum atomic E-state index is -1.19. The molecular weight excluding hydrogens is 279 g/mol. The van der Waals surface area contributed by atoms with E-state index in [1.165, 1.54) is 36.7 Å². The lowest BCUT2D eigenvalue weighted by molar-refractivity contribution is -0.118. The lowest BCUT2D eigenvalue weighted by Crippen LogP contribution is -2.22. The van der Waals surface area contributed by atoms with Gasteiger partial charge in [-0.25, -0.2) is 9.18 Å². The number of carbonyl (C=O) groups excluding carboxylic acids is 1. The molecule has 2 aromatic rings. The number of rotatable bonds is 5. The van der Waals surface area contributed by atoms with Crippen LogP contribution >= 0.6 is 0 Å².